The van der Waals surface area contributed by atoms with Crippen LogP contribution in [0, 0.1) is 25.7 Å². The van der Waals surface area contributed by atoms with Gasteiger partial charge in [0, 0.05) is 56.6 Å². The molecule has 4 aromatic carbocycles. The van der Waals surface area contributed by atoms with Gasteiger partial charge in [-0.2, -0.15) is 0 Å². The third kappa shape index (κ3) is 8.80. The molecular weight excluding hydrogens is 738 g/mol. The smallest absolute Gasteiger partial charge is 0.548 e. The first-order valence-electron chi connectivity index (χ1n) is 18.2. The Labute approximate surface area is 371 Å². The van der Waals surface area contributed by atoms with E-state index >= 15 is 0 Å². The van der Waals surface area contributed by atoms with Crippen molar-refractivity contribution in [2.45, 2.75) is 106 Å². The van der Waals surface area contributed by atoms with E-state index in [1.807, 2.05) is 0 Å². The number of phenols is 6. The van der Waals surface area contributed by atoms with Crippen LogP contribution in [0.1, 0.15) is 113 Å². The Balaban J connectivity index is 0.00000541. The molecule has 12 nitrogen and oxygen atoms in total. The second kappa shape index (κ2) is 19.3. The van der Waals surface area contributed by atoms with Gasteiger partial charge in [-0.1, -0.05) is 80.4 Å². The molecule has 4 aromatic rings. The number of aryl methyl sites for hydroxylation is 2. The third-order valence-corrected chi connectivity index (χ3v) is 10.6. The Bertz CT molecular complexity index is 2060. The number of hydrogen-bond donors (Lipinski definition) is 6. The van der Waals surface area contributed by atoms with E-state index < -0.39 is 70.4 Å². The predicted molar refractivity (Wildman–Crippen MR) is 206 cm³/mol. The standard InChI is InChI=1S/C42H52N2O10.2Na/c1-11-19(7)33(41(51)52)43-15-25-31-23(27(17(3)4)39(49)35(25)45)13-21(9)29(37(31)47)30-22(10)14-24-28(18(5)6)40(50)36(46)26(32(24)38(30)48)16-44-34(42(53)54)20(8)12-2;;/h13-20,33-34,45-50H,11-12H2,1-10H3,(H,51,52)(H,53,54);;/q;2*+1/p-2/t19-,20-,33-,34-;;/m0../s1. The monoisotopic (exact) mass is 788 g/mol. The fourth-order valence-electron chi connectivity index (χ4n) is 7.26. The first kappa shape index (κ1) is 48.6. The summed E-state index contributed by atoms with van der Waals surface area (Å²) < 4.78 is 0. The van der Waals surface area contributed by atoms with Gasteiger partial charge in [0.15, 0.2) is 23.0 Å². The molecule has 290 valence electrons. The third-order valence-electron chi connectivity index (χ3n) is 10.6. The van der Waals surface area contributed by atoms with E-state index in [2.05, 4.69) is 9.98 Å². The van der Waals surface area contributed by atoms with E-state index in [0.717, 1.165) is 12.4 Å². The van der Waals surface area contributed by atoms with Gasteiger partial charge in [-0.05, 0) is 59.4 Å². The Morgan fingerprint density at radius 3 is 1.14 bits per heavy atom. The zero-order chi connectivity index (χ0) is 40.7. The van der Waals surface area contributed by atoms with E-state index in [0.29, 0.717) is 45.9 Å². The number of rotatable bonds is 13. The van der Waals surface area contributed by atoms with Gasteiger partial charge in [-0.15, -0.1) is 0 Å². The van der Waals surface area contributed by atoms with Crippen LogP contribution in [0.3, 0.4) is 0 Å². The molecule has 0 aliphatic carbocycles. The largest absolute Gasteiger partial charge is 1.00 e. The summed E-state index contributed by atoms with van der Waals surface area (Å²) in [7, 11) is 0. The van der Waals surface area contributed by atoms with E-state index in [4.69, 9.17) is 0 Å². The van der Waals surface area contributed by atoms with Crippen molar-refractivity contribution >= 4 is 45.9 Å². The van der Waals surface area contributed by atoms with Crippen molar-refractivity contribution in [2.75, 3.05) is 0 Å². The molecule has 0 unspecified atom stereocenters. The number of aromatic hydroxyl groups is 6. The molecule has 14 heteroatoms. The number of carboxylic acids is 2. The molecule has 0 heterocycles. The molecule has 0 radical (unpaired) electrons. The van der Waals surface area contributed by atoms with Gasteiger partial charge >= 0.3 is 59.1 Å². The number of carbonyl (C=O) groups is 2. The van der Waals surface area contributed by atoms with Gasteiger partial charge in [0.1, 0.15) is 11.5 Å². The summed E-state index contributed by atoms with van der Waals surface area (Å²) in [5.41, 5.74) is 1.41. The summed E-state index contributed by atoms with van der Waals surface area (Å²) in [5, 5.41) is 94.6. The van der Waals surface area contributed by atoms with Crippen molar-refractivity contribution in [3.63, 3.8) is 0 Å². The maximum atomic E-state index is 12.3. The fourth-order valence-corrected chi connectivity index (χ4v) is 7.26. The minimum absolute atomic E-state index is 0. The van der Waals surface area contributed by atoms with Crippen LogP contribution in [0.15, 0.2) is 22.1 Å². The number of carbonyl (C=O) groups excluding carboxylic acids is 2. The molecule has 0 aromatic heterocycles. The van der Waals surface area contributed by atoms with Gasteiger partial charge < -0.3 is 50.4 Å². The minimum atomic E-state index is -1.44. The van der Waals surface area contributed by atoms with Crippen LogP contribution in [0.4, 0.5) is 0 Å². The van der Waals surface area contributed by atoms with Crippen LogP contribution in [0.5, 0.6) is 34.5 Å². The molecule has 6 N–H and O–H groups in total. The molecule has 0 fully saturated rings. The molecular formula is C42H50N2Na2O10. The summed E-state index contributed by atoms with van der Waals surface area (Å²) in [5.74, 6) is -7.50. The first-order chi connectivity index (χ1) is 25.2. The van der Waals surface area contributed by atoms with Crippen LogP contribution in [-0.2, 0) is 9.59 Å². The number of carboxylic acid groups (broad SMARTS) is 2. The number of aliphatic imine (C=N–C) groups is 2. The molecule has 4 rings (SSSR count). The van der Waals surface area contributed by atoms with E-state index in [1.54, 1.807) is 81.4 Å². The van der Waals surface area contributed by atoms with Crippen molar-refractivity contribution in [1.29, 1.82) is 0 Å². The Morgan fingerprint density at radius 2 is 0.893 bits per heavy atom. The quantitative estimate of drug-likeness (QED) is 0.0601. The van der Waals surface area contributed by atoms with Gasteiger partial charge in [0.25, 0.3) is 0 Å². The van der Waals surface area contributed by atoms with Gasteiger partial charge in [-0.3, -0.25) is 9.98 Å². The zero-order valence-electron chi connectivity index (χ0n) is 34.4. The van der Waals surface area contributed by atoms with E-state index in [-0.39, 0.29) is 104 Å². The molecule has 4 atom stereocenters. The number of nitrogens with zero attached hydrogens (tertiary/aromatic N) is 2. The van der Waals surface area contributed by atoms with Gasteiger partial charge in [0.05, 0.1) is 24.0 Å². The van der Waals surface area contributed by atoms with Crippen LogP contribution < -0.4 is 69.3 Å². The van der Waals surface area contributed by atoms with Crippen molar-refractivity contribution in [3.8, 4) is 45.6 Å². The second-order valence-electron chi connectivity index (χ2n) is 14.9. The molecule has 0 saturated heterocycles. The maximum Gasteiger partial charge on any atom is 1.00 e. The topological polar surface area (TPSA) is 226 Å². The molecule has 0 bridgehead atoms. The summed E-state index contributed by atoms with van der Waals surface area (Å²) in [6.45, 7) is 17.5. The van der Waals surface area contributed by atoms with Crippen LogP contribution >= 0.6 is 0 Å². The van der Waals surface area contributed by atoms with Crippen molar-refractivity contribution in [3.05, 3.63) is 45.5 Å². The van der Waals surface area contributed by atoms with Gasteiger partial charge in [0.2, 0.25) is 0 Å². The Morgan fingerprint density at radius 1 is 0.589 bits per heavy atom. The second-order valence-corrected chi connectivity index (χ2v) is 14.9. The summed E-state index contributed by atoms with van der Waals surface area (Å²) >= 11 is 0. The number of phenolic OH excluding ortho intramolecular Hbond substituents is 6. The zero-order valence-corrected chi connectivity index (χ0v) is 38.4. The summed E-state index contributed by atoms with van der Waals surface area (Å²) in [4.78, 5) is 32.5. The van der Waals surface area contributed by atoms with Crippen LogP contribution in [-0.4, -0.2) is 67.1 Å². The molecule has 0 aliphatic heterocycles. The normalized spacial score (nSPS) is 14.0. The van der Waals surface area contributed by atoms with E-state index in [9.17, 15) is 50.4 Å². The number of aliphatic carboxylic acids is 2. The molecule has 56 heavy (non-hydrogen) atoms. The van der Waals surface area contributed by atoms with E-state index in [1.165, 1.54) is 0 Å². The molecule has 0 amide bonds. The SMILES string of the molecule is CC[C@H](C)[C@H](N=Cc1c(O)c(O)c(C(C)C)c2cc(C)c(-c3c(C)cc4c(C(C)C)c(O)c(O)c(C=N[C@H](C(=O)[O-])[C@@H](C)CC)c4c3O)c(O)c12)C(=O)[O-].[Na+].[Na+]. The molecule has 0 aliphatic rings. The number of fused-ring (bicyclic) bond motifs is 2. The summed E-state index contributed by atoms with van der Waals surface area (Å²) in [6.07, 6.45) is 3.10. The van der Waals surface area contributed by atoms with Crippen molar-refractivity contribution in [1.82, 2.24) is 0 Å². The molecule has 0 saturated carbocycles. The number of hydrogen-bond acceptors (Lipinski definition) is 12. The minimum Gasteiger partial charge on any atom is -0.548 e. The van der Waals surface area contributed by atoms with Crippen molar-refractivity contribution < 1.29 is 110 Å². The van der Waals surface area contributed by atoms with Crippen LogP contribution in [0.2, 0.25) is 0 Å². The first-order valence-corrected chi connectivity index (χ1v) is 18.2. The Hall–Kier alpha value is -3.52. The average molecular weight is 789 g/mol. The summed E-state index contributed by atoms with van der Waals surface area (Å²) in [6, 6.07) is 0.756. The van der Waals surface area contributed by atoms with Gasteiger partial charge in [-0.25, -0.2) is 0 Å². The maximum absolute atomic E-state index is 12.3. The predicted octanol–water partition coefficient (Wildman–Crippen LogP) is -0.0678. The molecule has 0 spiro atoms. The Kier molecular flexibility index (Phi) is 16.7. The van der Waals surface area contributed by atoms with Crippen LogP contribution in [0.25, 0.3) is 32.7 Å². The fraction of sp³-hybridized carbons (Fsp3) is 0.429. The average Bonchev–Trinajstić information content (AvgIpc) is 3.08. The number of benzene rings is 4. The van der Waals surface area contributed by atoms with Crippen molar-refractivity contribution in [2.24, 2.45) is 21.8 Å².